The van der Waals surface area contributed by atoms with Gasteiger partial charge in [-0.25, -0.2) is 4.79 Å². The van der Waals surface area contributed by atoms with Gasteiger partial charge in [-0.15, -0.1) is 0 Å². The Bertz CT molecular complexity index is 966. The number of esters is 1. The van der Waals surface area contributed by atoms with E-state index in [2.05, 4.69) is 10.5 Å². The molecular formula is C19H14Cl2N2O4. The van der Waals surface area contributed by atoms with Crippen LogP contribution in [0.5, 0.6) is 0 Å². The van der Waals surface area contributed by atoms with Gasteiger partial charge in [0.25, 0.3) is 5.91 Å². The molecule has 3 rings (SSSR count). The van der Waals surface area contributed by atoms with E-state index in [0.29, 0.717) is 21.2 Å². The first-order valence-corrected chi connectivity index (χ1v) is 8.75. The Morgan fingerprint density at radius 1 is 1.04 bits per heavy atom. The number of nitrogens with one attached hydrogen (secondary N) is 1. The maximum absolute atomic E-state index is 12.4. The van der Waals surface area contributed by atoms with Crippen molar-refractivity contribution in [1.82, 2.24) is 5.16 Å². The van der Waals surface area contributed by atoms with Crippen LogP contribution in [0, 0.1) is 0 Å². The van der Waals surface area contributed by atoms with Gasteiger partial charge in [0.2, 0.25) is 5.88 Å². The minimum absolute atomic E-state index is 0.0292. The van der Waals surface area contributed by atoms with Crippen molar-refractivity contribution in [2.75, 3.05) is 11.9 Å². The molecule has 1 heterocycles. The van der Waals surface area contributed by atoms with Gasteiger partial charge in [0.1, 0.15) is 5.69 Å². The molecule has 0 fully saturated rings. The SMILES string of the molecule is CCOC(=O)c1c(-c2ccc(Cl)cc2)noc1NC(=O)c1ccc(Cl)cc1. The van der Waals surface area contributed by atoms with Crippen molar-refractivity contribution in [1.29, 1.82) is 0 Å². The summed E-state index contributed by atoms with van der Waals surface area (Å²) in [7, 11) is 0. The van der Waals surface area contributed by atoms with Gasteiger partial charge < -0.3 is 9.26 Å². The van der Waals surface area contributed by atoms with Crippen molar-refractivity contribution in [3.05, 3.63) is 69.7 Å². The molecule has 0 unspecified atom stereocenters. The molecule has 0 spiro atoms. The predicted octanol–water partition coefficient (Wildman–Crippen LogP) is 5.08. The average molecular weight is 405 g/mol. The standard InChI is InChI=1S/C19H14Cl2N2O4/c1-2-26-19(25)15-16(11-3-7-13(20)8-4-11)23-27-18(15)22-17(24)12-5-9-14(21)10-6-12/h3-10H,2H2,1H3,(H,22,24). The first-order valence-electron chi connectivity index (χ1n) is 7.99. The van der Waals surface area contributed by atoms with E-state index in [1.807, 2.05) is 0 Å². The molecule has 6 nitrogen and oxygen atoms in total. The van der Waals surface area contributed by atoms with E-state index in [4.69, 9.17) is 32.5 Å². The summed E-state index contributed by atoms with van der Waals surface area (Å²) in [4.78, 5) is 24.9. The highest BCUT2D eigenvalue weighted by Gasteiger charge is 2.27. The molecule has 1 N–H and O–H groups in total. The van der Waals surface area contributed by atoms with Gasteiger partial charge in [0.15, 0.2) is 5.56 Å². The number of carbonyl (C=O) groups excluding carboxylic acids is 2. The van der Waals surface area contributed by atoms with E-state index in [9.17, 15) is 9.59 Å². The second-order valence-electron chi connectivity index (χ2n) is 5.42. The van der Waals surface area contributed by atoms with Crippen molar-refractivity contribution in [3.8, 4) is 11.3 Å². The molecule has 138 valence electrons. The van der Waals surface area contributed by atoms with Crippen molar-refractivity contribution < 1.29 is 18.8 Å². The summed E-state index contributed by atoms with van der Waals surface area (Å²) in [6.45, 7) is 1.84. The number of rotatable bonds is 5. The lowest BCUT2D eigenvalue weighted by Crippen LogP contribution is -2.15. The molecule has 0 saturated carbocycles. The molecule has 0 radical (unpaired) electrons. The Hall–Kier alpha value is -2.83. The second kappa shape index (κ2) is 8.24. The van der Waals surface area contributed by atoms with Gasteiger partial charge in [-0.05, 0) is 43.3 Å². The number of amides is 1. The Labute approximate surface area is 165 Å². The van der Waals surface area contributed by atoms with Crippen LogP contribution in [0.1, 0.15) is 27.6 Å². The highest BCUT2D eigenvalue weighted by molar-refractivity contribution is 6.31. The highest BCUT2D eigenvalue weighted by Crippen LogP contribution is 2.30. The van der Waals surface area contributed by atoms with Crippen molar-refractivity contribution in [2.24, 2.45) is 0 Å². The topological polar surface area (TPSA) is 81.4 Å². The van der Waals surface area contributed by atoms with Crippen LogP contribution in [0.4, 0.5) is 5.88 Å². The van der Waals surface area contributed by atoms with E-state index in [-0.39, 0.29) is 23.7 Å². The first-order chi connectivity index (χ1) is 13.0. The van der Waals surface area contributed by atoms with E-state index in [1.165, 1.54) is 0 Å². The Morgan fingerprint density at radius 2 is 1.63 bits per heavy atom. The molecule has 0 aliphatic rings. The van der Waals surface area contributed by atoms with Crippen LogP contribution in [0.15, 0.2) is 53.1 Å². The van der Waals surface area contributed by atoms with Gasteiger partial charge in [-0.2, -0.15) is 0 Å². The van der Waals surface area contributed by atoms with Crippen LogP contribution in [0.25, 0.3) is 11.3 Å². The zero-order valence-electron chi connectivity index (χ0n) is 14.2. The van der Waals surface area contributed by atoms with E-state index in [1.54, 1.807) is 55.5 Å². The molecule has 0 bridgehead atoms. The van der Waals surface area contributed by atoms with Gasteiger partial charge in [0, 0.05) is 21.2 Å². The zero-order valence-corrected chi connectivity index (χ0v) is 15.7. The smallest absolute Gasteiger partial charge is 0.346 e. The van der Waals surface area contributed by atoms with Crippen LogP contribution in [-0.4, -0.2) is 23.6 Å². The molecule has 0 atom stereocenters. The van der Waals surface area contributed by atoms with Gasteiger partial charge in [-0.1, -0.05) is 40.5 Å². The van der Waals surface area contributed by atoms with Gasteiger partial charge in [0.05, 0.1) is 6.61 Å². The van der Waals surface area contributed by atoms with Crippen LogP contribution < -0.4 is 5.32 Å². The molecule has 0 saturated heterocycles. The molecule has 1 amide bonds. The molecule has 8 heteroatoms. The van der Waals surface area contributed by atoms with Crippen molar-refractivity contribution in [2.45, 2.75) is 6.92 Å². The first kappa shape index (κ1) is 18.9. The summed E-state index contributed by atoms with van der Waals surface area (Å²) in [5.41, 5.74) is 1.22. The Kier molecular flexibility index (Phi) is 5.78. The lowest BCUT2D eigenvalue weighted by molar-refractivity contribution is 0.0528. The van der Waals surface area contributed by atoms with Crippen LogP contribution in [0.2, 0.25) is 10.0 Å². The number of ether oxygens (including phenoxy) is 1. The number of halogens is 2. The van der Waals surface area contributed by atoms with Crippen molar-refractivity contribution in [3.63, 3.8) is 0 Å². The number of hydrogen-bond acceptors (Lipinski definition) is 5. The molecule has 0 aliphatic carbocycles. The third kappa shape index (κ3) is 4.30. The summed E-state index contributed by atoms with van der Waals surface area (Å²) >= 11 is 11.7. The minimum atomic E-state index is -0.657. The third-order valence-corrected chi connectivity index (χ3v) is 4.13. The van der Waals surface area contributed by atoms with E-state index in [0.717, 1.165) is 0 Å². The fourth-order valence-corrected chi connectivity index (χ4v) is 2.60. The fraction of sp³-hybridized carbons (Fsp3) is 0.105. The van der Waals surface area contributed by atoms with Crippen LogP contribution in [-0.2, 0) is 4.74 Å². The number of benzene rings is 2. The third-order valence-electron chi connectivity index (χ3n) is 3.62. The molecule has 1 aromatic heterocycles. The van der Waals surface area contributed by atoms with Crippen LogP contribution in [0.3, 0.4) is 0 Å². The monoisotopic (exact) mass is 404 g/mol. The highest BCUT2D eigenvalue weighted by atomic mass is 35.5. The predicted molar refractivity (Wildman–Crippen MR) is 102 cm³/mol. The Balaban J connectivity index is 1.97. The fourth-order valence-electron chi connectivity index (χ4n) is 2.35. The summed E-state index contributed by atoms with van der Waals surface area (Å²) in [6.07, 6.45) is 0. The zero-order chi connectivity index (χ0) is 19.4. The molecule has 3 aromatic rings. The minimum Gasteiger partial charge on any atom is -0.462 e. The van der Waals surface area contributed by atoms with Crippen molar-refractivity contribution >= 4 is 41.0 Å². The summed E-state index contributed by atoms with van der Waals surface area (Å²) in [5.74, 6) is -1.23. The van der Waals surface area contributed by atoms with E-state index < -0.39 is 11.9 Å². The second-order valence-corrected chi connectivity index (χ2v) is 6.30. The van der Waals surface area contributed by atoms with E-state index >= 15 is 0 Å². The Morgan fingerprint density at radius 3 is 2.22 bits per heavy atom. The molecular weight excluding hydrogens is 391 g/mol. The molecule has 27 heavy (non-hydrogen) atoms. The molecule has 2 aromatic carbocycles. The number of hydrogen-bond donors (Lipinski definition) is 1. The largest absolute Gasteiger partial charge is 0.462 e. The summed E-state index contributed by atoms with van der Waals surface area (Å²) in [6, 6.07) is 13.0. The lowest BCUT2D eigenvalue weighted by Gasteiger charge is -2.06. The number of aromatic nitrogens is 1. The van der Waals surface area contributed by atoms with Crippen LogP contribution >= 0.6 is 23.2 Å². The van der Waals surface area contributed by atoms with Gasteiger partial charge >= 0.3 is 5.97 Å². The average Bonchev–Trinajstić information content (AvgIpc) is 3.06. The number of anilines is 1. The maximum atomic E-state index is 12.4. The van der Waals surface area contributed by atoms with Gasteiger partial charge in [-0.3, -0.25) is 10.1 Å². The summed E-state index contributed by atoms with van der Waals surface area (Å²) < 4.78 is 10.3. The summed E-state index contributed by atoms with van der Waals surface area (Å²) in [5, 5.41) is 7.52. The molecule has 0 aliphatic heterocycles. The quantitative estimate of drug-likeness (QED) is 0.599. The number of nitrogens with zero attached hydrogens (tertiary/aromatic N) is 1. The normalized spacial score (nSPS) is 10.5. The lowest BCUT2D eigenvalue weighted by atomic mass is 10.1. The maximum Gasteiger partial charge on any atom is 0.346 e. The number of carbonyl (C=O) groups is 2.